The fourth-order valence-corrected chi connectivity index (χ4v) is 2.52. The summed E-state index contributed by atoms with van der Waals surface area (Å²) in [4.78, 5) is 0. The molecule has 0 saturated carbocycles. The number of unbranched alkanes of at least 4 members (excludes halogenated alkanes) is 4. The van der Waals surface area contributed by atoms with Crippen LogP contribution in [0.25, 0.3) is 0 Å². The molecule has 0 bridgehead atoms. The van der Waals surface area contributed by atoms with Crippen molar-refractivity contribution in [1.29, 1.82) is 0 Å². The molecule has 0 aromatic heterocycles. The molecule has 1 nitrogen and oxygen atoms in total. The van der Waals surface area contributed by atoms with Gasteiger partial charge in [-0.2, -0.15) is 0 Å². The molecule has 0 aromatic carbocycles. The van der Waals surface area contributed by atoms with Gasteiger partial charge in [-0.15, -0.1) is 0 Å². The summed E-state index contributed by atoms with van der Waals surface area (Å²) in [6.07, 6.45) is 10.3. The normalized spacial score (nSPS) is 15.4. The third-order valence-corrected chi connectivity index (χ3v) is 3.74. The Morgan fingerprint density at radius 3 is 2.07 bits per heavy atom. The Morgan fingerprint density at radius 1 is 0.929 bits per heavy atom. The fourth-order valence-electron chi connectivity index (χ4n) is 1.80. The first-order valence-electron chi connectivity index (χ1n) is 6.04. The van der Waals surface area contributed by atoms with Gasteiger partial charge in [-0.25, -0.2) is 0 Å². The van der Waals surface area contributed by atoms with Gasteiger partial charge in [0, 0.05) is 0 Å². The third kappa shape index (κ3) is 8.04. The lowest BCUT2D eigenvalue weighted by Gasteiger charge is -2.17. The van der Waals surface area contributed by atoms with Crippen LogP contribution in [0.4, 0.5) is 0 Å². The number of hydrogen-bond donors (Lipinski definition) is 1. The summed E-state index contributed by atoms with van der Waals surface area (Å²) >= 11 is 2.15. The van der Waals surface area contributed by atoms with Crippen molar-refractivity contribution in [1.82, 2.24) is 0 Å². The Labute approximate surface area is 103 Å². The molecular formula is C12H25IO. The van der Waals surface area contributed by atoms with Crippen LogP contribution in [0.3, 0.4) is 0 Å². The van der Waals surface area contributed by atoms with E-state index in [1.165, 1.54) is 51.4 Å². The second-order valence-corrected chi connectivity index (χ2v) is 5.40. The molecule has 2 atom stereocenters. The zero-order chi connectivity index (χ0) is 10.8. The Kier molecular flexibility index (Phi) is 10.7. The molecule has 0 radical (unpaired) electrons. The van der Waals surface area contributed by atoms with Gasteiger partial charge in [0.25, 0.3) is 0 Å². The first-order valence-corrected chi connectivity index (χ1v) is 7.29. The van der Waals surface area contributed by atoms with E-state index in [1.54, 1.807) is 0 Å². The van der Waals surface area contributed by atoms with Gasteiger partial charge in [0.1, 0.15) is 4.11 Å². The topological polar surface area (TPSA) is 20.2 Å². The molecule has 0 rings (SSSR count). The van der Waals surface area contributed by atoms with Crippen molar-refractivity contribution < 1.29 is 5.11 Å². The number of halogens is 1. The van der Waals surface area contributed by atoms with E-state index in [0.717, 1.165) is 0 Å². The van der Waals surface area contributed by atoms with Gasteiger partial charge in [0.15, 0.2) is 0 Å². The average Bonchev–Trinajstić information content (AvgIpc) is 2.15. The summed E-state index contributed by atoms with van der Waals surface area (Å²) in [5.74, 6) is 0.530. The van der Waals surface area contributed by atoms with Crippen LogP contribution in [0.2, 0.25) is 0 Å². The molecule has 0 spiro atoms. The molecule has 1 N–H and O–H groups in total. The van der Waals surface area contributed by atoms with Crippen molar-refractivity contribution >= 4 is 22.6 Å². The zero-order valence-electron chi connectivity index (χ0n) is 9.64. The van der Waals surface area contributed by atoms with Crippen molar-refractivity contribution in [3.05, 3.63) is 0 Å². The van der Waals surface area contributed by atoms with Crippen LogP contribution in [-0.4, -0.2) is 9.22 Å². The maximum Gasteiger partial charge on any atom is 0.108 e. The molecule has 0 heterocycles. The highest BCUT2D eigenvalue weighted by Gasteiger charge is 2.14. The monoisotopic (exact) mass is 312 g/mol. The van der Waals surface area contributed by atoms with E-state index in [-0.39, 0.29) is 4.11 Å². The van der Waals surface area contributed by atoms with E-state index in [2.05, 4.69) is 36.4 Å². The smallest absolute Gasteiger partial charge is 0.108 e. The molecule has 2 heteroatoms. The van der Waals surface area contributed by atoms with E-state index in [0.29, 0.717) is 5.92 Å². The van der Waals surface area contributed by atoms with Gasteiger partial charge in [-0.3, -0.25) is 0 Å². The Balaban J connectivity index is 3.41. The van der Waals surface area contributed by atoms with E-state index >= 15 is 0 Å². The third-order valence-electron chi connectivity index (χ3n) is 2.73. The number of hydrogen-bond acceptors (Lipinski definition) is 1. The largest absolute Gasteiger partial charge is 0.382 e. The quantitative estimate of drug-likeness (QED) is 0.377. The van der Waals surface area contributed by atoms with Crippen molar-refractivity contribution in [2.75, 3.05) is 0 Å². The van der Waals surface area contributed by atoms with Crippen molar-refractivity contribution in [3.8, 4) is 0 Å². The summed E-state index contributed by atoms with van der Waals surface area (Å²) in [5, 5.41) is 9.53. The van der Waals surface area contributed by atoms with Gasteiger partial charge in [-0.05, 0) is 18.8 Å². The molecule has 14 heavy (non-hydrogen) atoms. The fraction of sp³-hybridized carbons (Fsp3) is 1.00. The van der Waals surface area contributed by atoms with Crippen LogP contribution in [0.5, 0.6) is 0 Å². The zero-order valence-corrected chi connectivity index (χ0v) is 11.8. The lowest BCUT2D eigenvalue weighted by Crippen LogP contribution is -2.13. The van der Waals surface area contributed by atoms with Crippen molar-refractivity contribution in [3.63, 3.8) is 0 Å². The van der Waals surface area contributed by atoms with E-state index < -0.39 is 0 Å². The lowest BCUT2D eigenvalue weighted by molar-refractivity contribution is 0.188. The summed E-state index contributed by atoms with van der Waals surface area (Å²) in [7, 11) is 0. The van der Waals surface area contributed by atoms with Crippen molar-refractivity contribution in [2.45, 2.75) is 69.3 Å². The van der Waals surface area contributed by atoms with Crippen LogP contribution >= 0.6 is 22.6 Å². The minimum atomic E-state index is -0.140. The maximum absolute atomic E-state index is 9.53. The molecular weight excluding hydrogens is 287 g/mol. The number of aliphatic hydroxyl groups excluding tert-OH is 1. The van der Waals surface area contributed by atoms with Gasteiger partial charge < -0.3 is 5.11 Å². The van der Waals surface area contributed by atoms with Crippen LogP contribution in [-0.2, 0) is 0 Å². The van der Waals surface area contributed by atoms with Crippen LogP contribution in [0.15, 0.2) is 0 Å². The molecule has 2 unspecified atom stereocenters. The highest BCUT2D eigenvalue weighted by atomic mass is 127. The van der Waals surface area contributed by atoms with E-state index in [4.69, 9.17) is 0 Å². The second-order valence-electron chi connectivity index (χ2n) is 4.12. The summed E-state index contributed by atoms with van der Waals surface area (Å²) in [5.41, 5.74) is 0. The second kappa shape index (κ2) is 10.2. The number of alkyl halides is 1. The Morgan fingerprint density at radius 2 is 1.57 bits per heavy atom. The molecule has 0 aliphatic heterocycles. The first-order chi connectivity index (χ1) is 6.72. The summed E-state index contributed by atoms with van der Waals surface area (Å²) < 4.78 is -0.140. The Bertz CT molecular complexity index is 115. The van der Waals surface area contributed by atoms with Gasteiger partial charge in [-0.1, -0.05) is 75.0 Å². The minimum absolute atomic E-state index is 0.140. The molecule has 0 aromatic rings. The maximum atomic E-state index is 9.53. The molecule has 86 valence electrons. The van der Waals surface area contributed by atoms with Crippen LogP contribution < -0.4 is 0 Å². The highest BCUT2D eigenvalue weighted by Crippen LogP contribution is 2.23. The number of aliphatic hydroxyl groups is 1. The molecule has 0 aliphatic carbocycles. The van der Waals surface area contributed by atoms with Crippen molar-refractivity contribution in [2.24, 2.45) is 5.92 Å². The molecule has 0 amide bonds. The molecule has 0 saturated heterocycles. The van der Waals surface area contributed by atoms with E-state index in [9.17, 15) is 5.11 Å². The van der Waals surface area contributed by atoms with Gasteiger partial charge in [0.05, 0.1) is 0 Å². The SMILES string of the molecule is CCCCCCCC(CCC)C(O)I. The molecule has 0 aliphatic rings. The summed E-state index contributed by atoms with van der Waals surface area (Å²) in [6, 6.07) is 0. The Hall–Kier alpha value is 0.690. The predicted octanol–water partition coefficient (Wildman–Crippen LogP) is 4.52. The van der Waals surface area contributed by atoms with Gasteiger partial charge in [0.2, 0.25) is 0 Å². The first kappa shape index (κ1) is 14.7. The predicted molar refractivity (Wildman–Crippen MR) is 71.8 cm³/mol. The van der Waals surface area contributed by atoms with Crippen LogP contribution in [0.1, 0.15) is 65.2 Å². The number of rotatable bonds is 9. The summed E-state index contributed by atoms with van der Waals surface area (Å²) in [6.45, 7) is 4.44. The molecule has 0 fully saturated rings. The standard InChI is InChI=1S/C12H25IO/c1-3-5-6-7-8-10-11(9-4-2)12(13)14/h11-12,14H,3-10H2,1-2H3. The average molecular weight is 312 g/mol. The lowest BCUT2D eigenvalue weighted by atomic mass is 9.97. The highest BCUT2D eigenvalue weighted by molar-refractivity contribution is 14.1. The van der Waals surface area contributed by atoms with Crippen LogP contribution in [0, 0.1) is 5.92 Å². The van der Waals surface area contributed by atoms with E-state index in [1.807, 2.05) is 0 Å². The minimum Gasteiger partial charge on any atom is -0.382 e. The van der Waals surface area contributed by atoms with Gasteiger partial charge >= 0.3 is 0 Å².